The average Bonchev–Trinajstić information content (AvgIpc) is 2.67. The zero-order chi connectivity index (χ0) is 20.0. The normalized spacial score (nSPS) is 19.8. The fourth-order valence-corrected chi connectivity index (χ4v) is 3.54. The minimum absolute atomic E-state index is 0.215. The molecule has 0 aliphatic heterocycles. The Labute approximate surface area is 167 Å². The molecule has 2 N–H and O–H groups in total. The number of benzene rings is 1. The van der Waals surface area contributed by atoms with Gasteiger partial charge in [0.2, 0.25) is 0 Å². The van der Waals surface area contributed by atoms with E-state index in [0.717, 1.165) is 32.2 Å². The van der Waals surface area contributed by atoms with Crippen LogP contribution in [0.25, 0.3) is 11.1 Å². The van der Waals surface area contributed by atoms with Gasteiger partial charge >= 0.3 is 6.09 Å². The first-order valence-electron chi connectivity index (χ1n) is 10.1. The monoisotopic (exact) mass is 381 g/mol. The van der Waals surface area contributed by atoms with Crippen molar-refractivity contribution in [1.29, 1.82) is 0 Å². The zero-order valence-electron chi connectivity index (χ0n) is 17.1. The van der Waals surface area contributed by atoms with Gasteiger partial charge in [0.15, 0.2) is 0 Å². The third-order valence-electron chi connectivity index (χ3n) is 5.01. The number of hydrogen-bond acceptors (Lipinski definition) is 4. The van der Waals surface area contributed by atoms with E-state index < -0.39 is 5.60 Å². The summed E-state index contributed by atoms with van der Waals surface area (Å²) in [5.74, 6) is 0. The molecular weight excluding hydrogens is 350 g/mol. The molecule has 3 rings (SSSR count). The largest absolute Gasteiger partial charge is 0.444 e. The molecule has 1 aliphatic carbocycles. The first-order chi connectivity index (χ1) is 13.4. The number of amides is 1. The molecule has 0 atom stereocenters. The second-order valence-corrected chi connectivity index (χ2v) is 8.51. The van der Waals surface area contributed by atoms with Crippen molar-refractivity contribution in [3.05, 3.63) is 54.4 Å². The third kappa shape index (κ3) is 6.34. The molecule has 0 bridgehead atoms. The van der Waals surface area contributed by atoms with Crippen LogP contribution in [0.5, 0.6) is 0 Å². The van der Waals surface area contributed by atoms with Gasteiger partial charge in [-0.05, 0) is 75.3 Å². The minimum atomic E-state index is -0.449. The lowest BCUT2D eigenvalue weighted by atomic mass is 9.91. The molecule has 150 valence electrons. The van der Waals surface area contributed by atoms with Crippen molar-refractivity contribution in [1.82, 2.24) is 15.6 Å². The Kier molecular flexibility index (Phi) is 6.68. The van der Waals surface area contributed by atoms with Crippen LogP contribution in [-0.2, 0) is 11.3 Å². The van der Waals surface area contributed by atoms with Crippen molar-refractivity contribution in [3.8, 4) is 11.1 Å². The number of carbonyl (C=O) groups is 1. The van der Waals surface area contributed by atoms with Gasteiger partial charge in [-0.25, -0.2) is 4.79 Å². The lowest BCUT2D eigenvalue weighted by molar-refractivity contribution is 0.0489. The van der Waals surface area contributed by atoms with Crippen molar-refractivity contribution in [2.45, 2.75) is 70.7 Å². The topological polar surface area (TPSA) is 63.2 Å². The van der Waals surface area contributed by atoms with Gasteiger partial charge in [-0.3, -0.25) is 4.98 Å². The smallest absolute Gasteiger partial charge is 0.407 e. The van der Waals surface area contributed by atoms with Crippen LogP contribution in [0.4, 0.5) is 4.79 Å². The van der Waals surface area contributed by atoms with E-state index in [2.05, 4.69) is 39.9 Å². The van der Waals surface area contributed by atoms with Gasteiger partial charge in [0.1, 0.15) is 5.60 Å². The van der Waals surface area contributed by atoms with Crippen LogP contribution in [0.15, 0.2) is 48.8 Å². The van der Waals surface area contributed by atoms with Gasteiger partial charge < -0.3 is 15.4 Å². The summed E-state index contributed by atoms with van der Waals surface area (Å²) in [6.45, 7) is 6.52. The Morgan fingerprint density at radius 3 is 2.14 bits per heavy atom. The van der Waals surface area contributed by atoms with Crippen LogP contribution in [0, 0.1) is 0 Å². The highest BCUT2D eigenvalue weighted by Crippen LogP contribution is 2.21. The van der Waals surface area contributed by atoms with Crippen LogP contribution in [0.2, 0.25) is 0 Å². The minimum Gasteiger partial charge on any atom is -0.444 e. The number of alkyl carbamates (subject to hydrolysis) is 1. The van der Waals surface area contributed by atoms with Crippen LogP contribution in [0.3, 0.4) is 0 Å². The van der Waals surface area contributed by atoms with Crippen LogP contribution in [0.1, 0.15) is 52.0 Å². The second-order valence-electron chi connectivity index (χ2n) is 8.51. The maximum Gasteiger partial charge on any atom is 0.407 e. The number of nitrogens with one attached hydrogen (secondary N) is 2. The number of aromatic nitrogens is 1. The van der Waals surface area contributed by atoms with E-state index in [1.165, 1.54) is 16.7 Å². The highest BCUT2D eigenvalue weighted by molar-refractivity contribution is 5.68. The number of nitrogens with zero attached hydrogens (tertiary/aromatic N) is 1. The molecule has 1 saturated carbocycles. The first-order valence-corrected chi connectivity index (χ1v) is 10.1. The quantitative estimate of drug-likeness (QED) is 0.790. The third-order valence-corrected chi connectivity index (χ3v) is 5.01. The first kappa shape index (κ1) is 20.3. The number of hydrogen-bond donors (Lipinski definition) is 2. The molecule has 5 heteroatoms. The summed E-state index contributed by atoms with van der Waals surface area (Å²) in [5.41, 5.74) is 3.23. The molecule has 0 unspecified atom stereocenters. The fourth-order valence-electron chi connectivity index (χ4n) is 3.54. The molecule has 28 heavy (non-hydrogen) atoms. The average molecular weight is 382 g/mol. The lowest BCUT2D eigenvalue weighted by Crippen LogP contribution is -2.43. The van der Waals surface area contributed by atoms with Crippen LogP contribution >= 0.6 is 0 Å². The highest BCUT2D eigenvalue weighted by Gasteiger charge is 2.24. The number of pyridine rings is 1. The van der Waals surface area contributed by atoms with E-state index in [4.69, 9.17) is 4.74 Å². The molecule has 1 aromatic carbocycles. The van der Waals surface area contributed by atoms with E-state index >= 15 is 0 Å². The Morgan fingerprint density at radius 2 is 1.54 bits per heavy atom. The van der Waals surface area contributed by atoms with Crippen molar-refractivity contribution in [2.75, 3.05) is 0 Å². The zero-order valence-corrected chi connectivity index (χ0v) is 17.1. The van der Waals surface area contributed by atoms with E-state index in [1.807, 2.05) is 45.3 Å². The molecule has 0 radical (unpaired) electrons. The van der Waals surface area contributed by atoms with Gasteiger partial charge in [0.25, 0.3) is 0 Å². The Morgan fingerprint density at radius 1 is 0.964 bits per heavy atom. The number of rotatable bonds is 5. The molecular formula is C23H31N3O2. The molecule has 2 aromatic rings. The molecule has 1 fully saturated rings. The van der Waals surface area contributed by atoms with Crippen molar-refractivity contribution in [2.24, 2.45) is 0 Å². The summed E-state index contributed by atoms with van der Waals surface area (Å²) in [4.78, 5) is 16.0. The Hall–Kier alpha value is -2.40. The molecule has 1 heterocycles. The standard InChI is InChI=1S/C23H31N3O2/c1-23(2,3)28-22(27)26-21-10-8-20(9-11-21)25-16-17-4-6-18(7-5-17)19-12-14-24-15-13-19/h4-7,12-15,20-21,25H,8-11,16H2,1-3H3,(H,26,27). The van der Waals surface area contributed by atoms with E-state index in [9.17, 15) is 4.79 Å². The molecule has 5 nitrogen and oxygen atoms in total. The maximum atomic E-state index is 11.9. The Balaban J connectivity index is 1.40. The van der Waals surface area contributed by atoms with Gasteiger partial charge in [-0.1, -0.05) is 24.3 Å². The SMILES string of the molecule is CC(C)(C)OC(=O)NC1CCC(NCc2ccc(-c3ccncc3)cc2)CC1. The van der Waals surface area contributed by atoms with Gasteiger partial charge in [-0.15, -0.1) is 0 Å². The second kappa shape index (κ2) is 9.20. The number of carbonyl (C=O) groups excluding carboxylic acids is 1. The molecule has 1 aliphatic rings. The van der Waals surface area contributed by atoms with Crippen molar-refractivity contribution >= 4 is 6.09 Å². The summed E-state index contributed by atoms with van der Waals surface area (Å²) in [5, 5.41) is 6.65. The van der Waals surface area contributed by atoms with Crippen molar-refractivity contribution in [3.63, 3.8) is 0 Å². The van der Waals surface area contributed by atoms with Gasteiger partial charge in [0.05, 0.1) is 0 Å². The highest BCUT2D eigenvalue weighted by atomic mass is 16.6. The summed E-state index contributed by atoms with van der Waals surface area (Å²) in [6, 6.07) is 13.4. The van der Waals surface area contributed by atoms with Gasteiger partial charge in [-0.2, -0.15) is 0 Å². The number of ether oxygens (including phenoxy) is 1. The lowest BCUT2D eigenvalue weighted by Gasteiger charge is -2.30. The maximum absolute atomic E-state index is 11.9. The fraction of sp³-hybridized carbons (Fsp3) is 0.478. The molecule has 1 amide bonds. The van der Waals surface area contributed by atoms with E-state index in [-0.39, 0.29) is 12.1 Å². The van der Waals surface area contributed by atoms with Crippen LogP contribution < -0.4 is 10.6 Å². The summed E-state index contributed by atoms with van der Waals surface area (Å²) < 4.78 is 5.35. The summed E-state index contributed by atoms with van der Waals surface area (Å²) >= 11 is 0. The van der Waals surface area contributed by atoms with Crippen molar-refractivity contribution < 1.29 is 9.53 Å². The summed E-state index contributed by atoms with van der Waals surface area (Å²) in [6.07, 6.45) is 7.43. The van der Waals surface area contributed by atoms with E-state index in [0.29, 0.717) is 6.04 Å². The van der Waals surface area contributed by atoms with Crippen LogP contribution in [-0.4, -0.2) is 28.8 Å². The summed E-state index contributed by atoms with van der Waals surface area (Å²) in [7, 11) is 0. The predicted octanol–water partition coefficient (Wildman–Crippen LogP) is 4.67. The Bertz CT molecular complexity index is 746. The van der Waals surface area contributed by atoms with E-state index in [1.54, 1.807) is 0 Å². The molecule has 1 aromatic heterocycles. The van der Waals surface area contributed by atoms with Gasteiger partial charge in [0, 0.05) is 31.0 Å². The molecule has 0 spiro atoms. The molecule has 0 saturated heterocycles. The predicted molar refractivity (Wildman–Crippen MR) is 112 cm³/mol.